The first-order chi connectivity index (χ1) is 16.9. The second-order valence-electron chi connectivity index (χ2n) is 10.2. The fraction of sp³-hybridized carbons (Fsp3) is 0.481. The van der Waals surface area contributed by atoms with E-state index in [2.05, 4.69) is 26.4 Å². The SMILES string of the molecule is CC(C)(C)OC(=O)N(CC1CCCCC1)c1ccc(NCCn2cncn2)c(-c2cccnc2)c1. The molecule has 0 atom stereocenters. The molecule has 0 aliphatic heterocycles. The van der Waals surface area contributed by atoms with Crippen molar-refractivity contribution in [3.05, 3.63) is 55.4 Å². The molecule has 1 amide bonds. The third kappa shape index (κ3) is 7.04. The van der Waals surface area contributed by atoms with Gasteiger partial charge in [-0.25, -0.2) is 9.78 Å². The number of rotatable bonds is 8. The van der Waals surface area contributed by atoms with Crippen LogP contribution < -0.4 is 10.2 Å². The fourth-order valence-corrected chi connectivity index (χ4v) is 4.50. The molecule has 35 heavy (non-hydrogen) atoms. The highest BCUT2D eigenvalue weighted by Crippen LogP contribution is 2.34. The number of aromatic nitrogens is 4. The lowest BCUT2D eigenvalue weighted by atomic mass is 9.89. The lowest BCUT2D eigenvalue weighted by Crippen LogP contribution is -2.40. The van der Waals surface area contributed by atoms with E-state index in [1.54, 1.807) is 17.2 Å². The smallest absolute Gasteiger partial charge is 0.414 e. The molecule has 0 bridgehead atoms. The molecular weight excluding hydrogens is 440 g/mol. The largest absolute Gasteiger partial charge is 0.443 e. The van der Waals surface area contributed by atoms with Crippen LogP contribution in [0.1, 0.15) is 52.9 Å². The maximum atomic E-state index is 13.3. The summed E-state index contributed by atoms with van der Waals surface area (Å²) in [5.74, 6) is 0.485. The van der Waals surface area contributed by atoms with Crippen LogP contribution >= 0.6 is 0 Å². The molecule has 3 aromatic rings. The minimum absolute atomic E-state index is 0.299. The van der Waals surface area contributed by atoms with Gasteiger partial charge in [-0.3, -0.25) is 14.6 Å². The molecule has 8 nitrogen and oxygen atoms in total. The van der Waals surface area contributed by atoms with Crippen molar-refractivity contribution in [1.29, 1.82) is 0 Å². The predicted molar refractivity (Wildman–Crippen MR) is 138 cm³/mol. The molecule has 1 aliphatic carbocycles. The summed E-state index contributed by atoms with van der Waals surface area (Å²) in [6.45, 7) is 7.78. The van der Waals surface area contributed by atoms with Crippen molar-refractivity contribution < 1.29 is 9.53 Å². The van der Waals surface area contributed by atoms with E-state index in [1.807, 2.05) is 56.1 Å². The van der Waals surface area contributed by atoms with E-state index in [-0.39, 0.29) is 6.09 Å². The topological polar surface area (TPSA) is 85.2 Å². The standard InChI is InChI=1S/C27H36N6O2/c1-27(2,3)35-26(34)33(18-21-8-5-4-6-9-21)23-11-12-25(30-14-15-32-20-29-19-31-32)24(16-23)22-10-7-13-28-17-22/h7,10-13,16-17,19-21,30H,4-6,8-9,14-15,18H2,1-3H3. The van der Waals surface area contributed by atoms with E-state index in [0.29, 0.717) is 25.6 Å². The minimum atomic E-state index is -0.559. The summed E-state index contributed by atoms with van der Waals surface area (Å²) in [5, 5.41) is 7.68. The van der Waals surface area contributed by atoms with Gasteiger partial charge >= 0.3 is 6.09 Å². The number of nitrogens with zero attached hydrogens (tertiary/aromatic N) is 5. The first-order valence-electron chi connectivity index (χ1n) is 12.5. The van der Waals surface area contributed by atoms with E-state index in [9.17, 15) is 4.79 Å². The molecule has 1 fully saturated rings. The second-order valence-corrected chi connectivity index (χ2v) is 10.2. The maximum Gasteiger partial charge on any atom is 0.414 e. The van der Waals surface area contributed by atoms with Crippen molar-refractivity contribution in [2.45, 2.75) is 65.0 Å². The van der Waals surface area contributed by atoms with E-state index in [1.165, 1.54) is 25.6 Å². The molecule has 186 valence electrons. The number of hydrogen-bond acceptors (Lipinski definition) is 6. The number of hydrogen-bond donors (Lipinski definition) is 1. The minimum Gasteiger partial charge on any atom is -0.443 e. The lowest BCUT2D eigenvalue weighted by Gasteiger charge is -2.32. The number of carbonyl (C=O) groups excluding carboxylic acids is 1. The summed E-state index contributed by atoms with van der Waals surface area (Å²) in [6.07, 6.45) is 12.6. The number of benzene rings is 1. The summed E-state index contributed by atoms with van der Waals surface area (Å²) in [5.41, 5.74) is 3.23. The fourth-order valence-electron chi connectivity index (χ4n) is 4.50. The Morgan fingerprint density at radius 1 is 1.17 bits per heavy atom. The molecule has 0 unspecified atom stereocenters. The molecule has 1 saturated carbocycles. The summed E-state index contributed by atoms with van der Waals surface area (Å²) >= 11 is 0. The number of anilines is 2. The molecule has 2 heterocycles. The Morgan fingerprint density at radius 2 is 2.00 bits per heavy atom. The summed E-state index contributed by atoms with van der Waals surface area (Å²) in [4.78, 5) is 23.5. The summed E-state index contributed by atoms with van der Waals surface area (Å²) in [6, 6.07) is 10.1. The van der Waals surface area contributed by atoms with E-state index >= 15 is 0 Å². The van der Waals surface area contributed by atoms with Gasteiger partial charge in [0.05, 0.1) is 6.54 Å². The van der Waals surface area contributed by atoms with Crippen LogP contribution in [0.15, 0.2) is 55.4 Å². The van der Waals surface area contributed by atoms with E-state index in [4.69, 9.17) is 4.74 Å². The highest BCUT2D eigenvalue weighted by atomic mass is 16.6. The van der Waals surface area contributed by atoms with Gasteiger partial charge in [0.2, 0.25) is 0 Å². The molecular formula is C27H36N6O2. The van der Waals surface area contributed by atoms with Crippen LogP contribution in [0.3, 0.4) is 0 Å². The highest BCUT2D eigenvalue weighted by molar-refractivity contribution is 5.91. The molecule has 1 aliphatic rings. The van der Waals surface area contributed by atoms with Gasteiger partial charge in [-0.2, -0.15) is 5.10 Å². The maximum absolute atomic E-state index is 13.3. The number of nitrogens with one attached hydrogen (secondary N) is 1. The Labute approximate surface area is 207 Å². The van der Waals surface area contributed by atoms with Crippen molar-refractivity contribution in [3.8, 4) is 11.1 Å². The molecule has 2 aromatic heterocycles. The van der Waals surface area contributed by atoms with Crippen LogP contribution in [-0.2, 0) is 11.3 Å². The van der Waals surface area contributed by atoms with Gasteiger partial charge in [-0.05, 0) is 63.8 Å². The molecule has 1 aromatic carbocycles. The Hall–Kier alpha value is -3.42. The average Bonchev–Trinajstić information content (AvgIpc) is 3.36. The van der Waals surface area contributed by atoms with Crippen LogP contribution in [0.4, 0.5) is 16.2 Å². The Balaban J connectivity index is 1.63. The summed E-state index contributed by atoms with van der Waals surface area (Å²) in [7, 11) is 0. The van der Waals surface area contributed by atoms with Crippen LogP contribution in [0.2, 0.25) is 0 Å². The molecule has 0 radical (unpaired) electrons. The van der Waals surface area contributed by atoms with Gasteiger partial charge in [0.25, 0.3) is 0 Å². The van der Waals surface area contributed by atoms with Crippen LogP contribution in [0.25, 0.3) is 11.1 Å². The number of pyridine rings is 1. The Bertz CT molecular complexity index is 1070. The first kappa shape index (κ1) is 24.7. The van der Waals surface area contributed by atoms with Crippen molar-refractivity contribution in [2.75, 3.05) is 23.3 Å². The number of carbonyl (C=O) groups is 1. The van der Waals surface area contributed by atoms with Gasteiger partial charge in [-0.15, -0.1) is 0 Å². The third-order valence-corrected chi connectivity index (χ3v) is 6.19. The molecule has 0 spiro atoms. The van der Waals surface area contributed by atoms with Gasteiger partial charge in [-0.1, -0.05) is 25.3 Å². The Kier molecular flexibility index (Phi) is 8.00. The molecule has 8 heteroatoms. The van der Waals surface area contributed by atoms with Crippen LogP contribution in [0, 0.1) is 5.92 Å². The lowest BCUT2D eigenvalue weighted by molar-refractivity contribution is 0.0572. The molecule has 4 rings (SSSR count). The van der Waals surface area contributed by atoms with E-state index in [0.717, 1.165) is 35.3 Å². The van der Waals surface area contributed by atoms with Crippen LogP contribution in [-0.4, -0.2) is 44.5 Å². The molecule has 1 N–H and O–H groups in total. The van der Waals surface area contributed by atoms with Crippen molar-refractivity contribution >= 4 is 17.5 Å². The second kappa shape index (κ2) is 11.3. The van der Waals surface area contributed by atoms with Crippen molar-refractivity contribution in [2.24, 2.45) is 5.92 Å². The third-order valence-electron chi connectivity index (χ3n) is 6.19. The predicted octanol–water partition coefficient (Wildman–Crippen LogP) is 5.77. The van der Waals surface area contributed by atoms with Gasteiger partial charge in [0, 0.05) is 48.0 Å². The first-order valence-corrected chi connectivity index (χ1v) is 12.5. The van der Waals surface area contributed by atoms with Gasteiger partial charge < -0.3 is 10.1 Å². The van der Waals surface area contributed by atoms with Crippen molar-refractivity contribution in [1.82, 2.24) is 19.7 Å². The monoisotopic (exact) mass is 476 g/mol. The zero-order chi connectivity index (χ0) is 24.7. The number of amides is 1. The summed E-state index contributed by atoms with van der Waals surface area (Å²) < 4.78 is 7.61. The van der Waals surface area contributed by atoms with Gasteiger partial charge in [0.15, 0.2) is 0 Å². The van der Waals surface area contributed by atoms with E-state index < -0.39 is 5.60 Å². The number of ether oxygens (including phenoxy) is 1. The zero-order valence-corrected chi connectivity index (χ0v) is 21.0. The quantitative estimate of drug-likeness (QED) is 0.444. The average molecular weight is 477 g/mol. The highest BCUT2D eigenvalue weighted by Gasteiger charge is 2.27. The molecule has 0 saturated heterocycles. The van der Waals surface area contributed by atoms with Crippen LogP contribution in [0.5, 0.6) is 0 Å². The van der Waals surface area contributed by atoms with Crippen molar-refractivity contribution in [3.63, 3.8) is 0 Å². The normalized spacial score (nSPS) is 14.5. The zero-order valence-electron chi connectivity index (χ0n) is 21.0. The Morgan fingerprint density at radius 3 is 2.69 bits per heavy atom. The van der Waals surface area contributed by atoms with Gasteiger partial charge in [0.1, 0.15) is 18.3 Å².